The number of hydrogen-bond donors (Lipinski definition) is 1. The monoisotopic (exact) mass is 455 g/mol. The minimum atomic E-state index is -0.939. The van der Waals surface area contributed by atoms with Gasteiger partial charge in [0.05, 0.1) is 11.7 Å². The van der Waals surface area contributed by atoms with Crippen LogP contribution in [0, 0.1) is 0 Å². The van der Waals surface area contributed by atoms with E-state index in [1.165, 1.54) is 4.90 Å². The van der Waals surface area contributed by atoms with Crippen LogP contribution in [-0.4, -0.2) is 50.0 Å². The van der Waals surface area contributed by atoms with Crippen molar-refractivity contribution in [3.05, 3.63) is 41.1 Å². The van der Waals surface area contributed by atoms with E-state index in [1.54, 1.807) is 36.2 Å². The van der Waals surface area contributed by atoms with Gasteiger partial charge in [-0.3, -0.25) is 19.3 Å². The highest BCUT2D eigenvalue weighted by Gasteiger charge is 2.43. The molecule has 1 N–H and O–H groups in total. The lowest BCUT2D eigenvalue weighted by Crippen LogP contribution is -2.52. The number of nitrogens with zero attached hydrogens (tertiary/aromatic N) is 4. The number of rotatable bonds is 2. The van der Waals surface area contributed by atoms with Gasteiger partial charge in [0.2, 0.25) is 5.91 Å². The molecule has 1 aromatic carbocycles. The van der Waals surface area contributed by atoms with Crippen LogP contribution in [0.1, 0.15) is 85.3 Å². The van der Waals surface area contributed by atoms with Crippen LogP contribution in [0.2, 0.25) is 0 Å². The highest BCUT2D eigenvalue weighted by Crippen LogP contribution is 2.37. The molecule has 0 radical (unpaired) electrons. The smallest absolute Gasteiger partial charge is 0.278 e. The summed E-state index contributed by atoms with van der Waals surface area (Å²) in [6, 6.07) is 6.00. The van der Waals surface area contributed by atoms with Crippen LogP contribution in [-0.2, 0) is 4.79 Å². The highest BCUT2D eigenvalue weighted by atomic mass is 32.1. The molecule has 0 saturated heterocycles. The number of fused-ring (bicyclic) bond motifs is 2. The molecule has 2 heterocycles. The van der Waals surface area contributed by atoms with Gasteiger partial charge in [0, 0.05) is 24.2 Å². The highest BCUT2D eigenvalue weighted by molar-refractivity contribution is 6.99. The predicted octanol–water partition coefficient (Wildman–Crippen LogP) is 3.56. The van der Waals surface area contributed by atoms with Crippen LogP contribution in [0.3, 0.4) is 0 Å². The second kappa shape index (κ2) is 8.61. The molecule has 170 valence electrons. The third-order valence-corrected chi connectivity index (χ3v) is 6.53. The Morgan fingerprint density at radius 2 is 1.75 bits per heavy atom. The maximum Gasteiger partial charge on any atom is 0.278 e. The average Bonchev–Trinajstić information content (AvgIpc) is 3.25. The third-order valence-electron chi connectivity index (χ3n) is 6.01. The maximum absolute atomic E-state index is 14.0. The zero-order valence-corrected chi connectivity index (χ0v) is 19.7. The zero-order chi connectivity index (χ0) is 23.0. The second-order valence-corrected chi connectivity index (χ2v) is 10.1. The number of hydrogen-bond acceptors (Lipinski definition) is 6. The van der Waals surface area contributed by atoms with Crippen LogP contribution in [0.5, 0.6) is 0 Å². The molecule has 4 rings (SSSR count). The molecule has 2 aliphatic rings. The molecule has 32 heavy (non-hydrogen) atoms. The molecule has 1 aliphatic heterocycles. The Bertz CT molecular complexity index is 1040. The van der Waals surface area contributed by atoms with E-state index in [2.05, 4.69) is 14.1 Å². The molecule has 0 spiro atoms. The summed E-state index contributed by atoms with van der Waals surface area (Å²) in [5.41, 5.74) is 0.537. The lowest BCUT2D eigenvalue weighted by atomic mass is 9.89. The van der Waals surface area contributed by atoms with E-state index >= 15 is 0 Å². The molecule has 9 heteroatoms. The van der Waals surface area contributed by atoms with E-state index in [1.807, 2.05) is 20.8 Å². The van der Waals surface area contributed by atoms with Gasteiger partial charge >= 0.3 is 0 Å². The van der Waals surface area contributed by atoms with E-state index < -0.39 is 11.6 Å². The van der Waals surface area contributed by atoms with E-state index in [9.17, 15) is 14.4 Å². The fourth-order valence-corrected chi connectivity index (χ4v) is 5.15. The second-order valence-electron chi connectivity index (χ2n) is 9.53. The van der Waals surface area contributed by atoms with E-state index in [-0.39, 0.29) is 35.3 Å². The summed E-state index contributed by atoms with van der Waals surface area (Å²) in [5.74, 6) is -0.740. The van der Waals surface area contributed by atoms with Crippen molar-refractivity contribution in [2.45, 2.75) is 70.5 Å². The first-order valence-electron chi connectivity index (χ1n) is 11.0. The third kappa shape index (κ3) is 4.13. The predicted molar refractivity (Wildman–Crippen MR) is 123 cm³/mol. The molecule has 1 aromatic heterocycles. The summed E-state index contributed by atoms with van der Waals surface area (Å²) >= 11 is 0.898. The van der Waals surface area contributed by atoms with Crippen molar-refractivity contribution in [1.29, 1.82) is 0 Å². The van der Waals surface area contributed by atoms with Crippen molar-refractivity contribution in [3.8, 4) is 0 Å². The van der Waals surface area contributed by atoms with Crippen LogP contribution in [0.15, 0.2) is 24.3 Å². The Morgan fingerprint density at radius 3 is 2.44 bits per heavy atom. The van der Waals surface area contributed by atoms with Crippen molar-refractivity contribution in [2.75, 3.05) is 11.9 Å². The van der Waals surface area contributed by atoms with Crippen LogP contribution in [0.25, 0.3) is 0 Å². The van der Waals surface area contributed by atoms with Crippen molar-refractivity contribution >= 4 is 35.3 Å². The number of amides is 3. The SMILES string of the molecule is CN1C(=O)c2ccccc2C(C(=O)NC(C)(C)C)N(C2CCCCC2)C(=O)c2nsnc21. The number of anilines is 1. The first kappa shape index (κ1) is 22.4. The number of carbonyl (C=O) groups excluding carboxylic acids is 3. The summed E-state index contributed by atoms with van der Waals surface area (Å²) in [7, 11) is 1.59. The summed E-state index contributed by atoms with van der Waals surface area (Å²) in [5, 5.41) is 3.04. The van der Waals surface area contributed by atoms with Gasteiger partial charge in [0.15, 0.2) is 11.5 Å². The molecule has 2 aromatic rings. The van der Waals surface area contributed by atoms with Crippen molar-refractivity contribution < 1.29 is 14.4 Å². The van der Waals surface area contributed by atoms with Crippen molar-refractivity contribution in [2.24, 2.45) is 0 Å². The Hall–Kier alpha value is -2.81. The standard InChI is InChI=1S/C23H29N5O3S/c1-23(2,3)24-20(29)18-15-12-8-9-13-16(15)21(30)27(4)19-17(25-32-26-19)22(31)28(18)14-10-6-5-7-11-14/h8-9,12-14,18H,5-7,10-11H2,1-4H3,(H,24,29). The van der Waals surface area contributed by atoms with Crippen LogP contribution in [0.4, 0.5) is 5.82 Å². The molecule has 1 unspecified atom stereocenters. The minimum Gasteiger partial charge on any atom is -0.349 e. The number of aromatic nitrogens is 2. The van der Waals surface area contributed by atoms with Crippen molar-refractivity contribution in [1.82, 2.24) is 19.0 Å². The topological polar surface area (TPSA) is 95.5 Å². The Labute approximate surface area is 192 Å². The molecule has 8 nitrogen and oxygen atoms in total. The van der Waals surface area contributed by atoms with E-state index in [0.717, 1.165) is 43.8 Å². The number of carbonyl (C=O) groups is 3. The van der Waals surface area contributed by atoms with Gasteiger partial charge < -0.3 is 10.2 Å². The van der Waals surface area contributed by atoms with Gasteiger partial charge in [-0.2, -0.15) is 8.75 Å². The fraction of sp³-hybridized carbons (Fsp3) is 0.522. The van der Waals surface area contributed by atoms with Crippen LogP contribution < -0.4 is 10.2 Å². The lowest BCUT2D eigenvalue weighted by Gasteiger charge is -2.40. The first-order valence-corrected chi connectivity index (χ1v) is 11.8. The normalized spacial score (nSPS) is 20.2. The average molecular weight is 456 g/mol. The summed E-state index contributed by atoms with van der Waals surface area (Å²) < 4.78 is 8.51. The van der Waals surface area contributed by atoms with Gasteiger partial charge in [0.1, 0.15) is 6.04 Å². The molecular formula is C23H29N5O3S. The minimum absolute atomic E-state index is 0.118. The first-order chi connectivity index (χ1) is 15.2. The number of nitrogens with one attached hydrogen (secondary N) is 1. The summed E-state index contributed by atoms with van der Waals surface area (Å²) in [6.45, 7) is 5.71. The lowest BCUT2D eigenvalue weighted by molar-refractivity contribution is -0.128. The van der Waals surface area contributed by atoms with Gasteiger partial charge in [-0.15, -0.1) is 0 Å². The van der Waals surface area contributed by atoms with Gasteiger partial charge in [-0.1, -0.05) is 37.5 Å². The fourth-order valence-electron chi connectivity index (χ4n) is 4.58. The van der Waals surface area contributed by atoms with Gasteiger partial charge in [-0.25, -0.2) is 0 Å². The zero-order valence-electron chi connectivity index (χ0n) is 18.9. The molecule has 1 aliphatic carbocycles. The summed E-state index contributed by atoms with van der Waals surface area (Å²) in [4.78, 5) is 44.2. The van der Waals surface area contributed by atoms with E-state index in [4.69, 9.17) is 0 Å². The summed E-state index contributed by atoms with van der Waals surface area (Å²) in [6.07, 6.45) is 4.71. The van der Waals surface area contributed by atoms with Crippen LogP contribution >= 0.6 is 11.7 Å². The number of benzene rings is 1. The molecule has 1 saturated carbocycles. The van der Waals surface area contributed by atoms with Gasteiger partial charge in [-0.05, 0) is 45.2 Å². The Balaban J connectivity index is 1.96. The van der Waals surface area contributed by atoms with Crippen molar-refractivity contribution in [3.63, 3.8) is 0 Å². The largest absolute Gasteiger partial charge is 0.349 e. The van der Waals surface area contributed by atoms with E-state index in [0.29, 0.717) is 11.1 Å². The Kier molecular flexibility index (Phi) is 6.03. The quantitative estimate of drug-likeness (QED) is 0.747. The molecule has 1 fully saturated rings. The Morgan fingerprint density at radius 1 is 1.06 bits per heavy atom. The molecule has 0 bridgehead atoms. The molecular weight excluding hydrogens is 426 g/mol. The molecule has 1 atom stereocenters. The maximum atomic E-state index is 14.0. The molecule has 3 amide bonds. The van der Waals surface area contributed by atoms with Gasteiger partial charge in [0.25, 0.3) is 11.8 Å².